The predicted molar refractivity (Wildman–Crippen MR) is 151 cm³/mol. The zero-order valence-corrected chi connectivity index (χ0v) is 22.3. The zero-order chi connectivity index (χ0) is 27.5. The summed E-state index contributed by atoms with van der Waals surface area (Å²) in [5.74, 6) is -0.605. The van der Waals surface area contributed by atoms with E-state index in [0.717, 1.165) is 27.8 Å². The summed E-state index contributed by atoms with van der Waals surface area (Å²) in [5.41, 5.74) is 3.67. The van der Waals surface area contributed by atoms with E-state index in [9.17, 15) is 14.4 Å². The molecule has 8 nitrogen and oxygen atoms in total. The van der Waals surface area contributed by atoms with Gasteiger partial charge in [-0.1, -0.05) is 41.6 Å². The molecule has 0 radical (unpaired) electrons. The van der Waals surface area contributed by atoms with Crippen LogP contribution in [-0.4, -0.2) is 24.8 Å². The Balaban J connectivity index is 1.50. The number of carbonyl (C=O) groups is 3. The molecule has 0 fully saturated rings. The first-order valence-corrected chi connectivity index (χ1v) is 12.9. The number of aryl methyl sites for hydroxylation is 2. The number of benzene rings is 3. The Hall–Kier alpha value is -4.76. The van der Waals surface area contributed by atoms with Gasteiger partial charge in [0.2, 0.25) is 0 Å². The van der Waals surface area contributed by atoms with Crippen molar-refractivity contribution in [3.05, 3.63) is 113 Å². The highest BCUT2D eigenvalue weighted by molar-refractivity contribution is 8.04. The molecule has 196 valence electrons. The first-order valence-electron chi connectivity index (χ1n) is 12.1. The minimum atomic E-state index is -0.475. The number of carbonyl (C=O) groups excluding carboxylic acids is 3. The molecule has 4 aromatic rings. The highest BCUT2D eigenvalue weighted by Gasteiger charge is 2.40. The van der Waals surface area contributed by atoms with Crippen molar-refractivity contribution in [1.82, 2.24) is 0 Å². The van der Waals surface area contributed by atoms with Crippen LogP contribution in [0.3, 0.4) is 0 Å². The van der Waals surface area contributed by atoms with Gasteiger partial charge >= 0.3 is 0 Å². The second-order valence-electron chi connectivity index (χ2n) is 8.88. The summed E-state index contributed by atoms with van der Waals surface area (Å²) in [4.78, 5) is 41.9. The van der Waals surface area contributed by atoms with Crippen LogP contribution in [0.25, 0.3) is 0 Å². The summed E-state index contributed by atoms with van der Waals surface area (Å²) in [6, 6.07) is 23.0. The van der Waals surface area contributed by atoms with E-state index < -0.39 is 17.7 Å². The van der Waals surface area contributed by atoms with Crippen LogP contribution in [0.15, 0.2) is 105 Å². The summed E-state index contributed by atoms with van der Waals surface area (Å²) < 4.78 is 10.6. The van der Waals surface area contributed by atoms with E-state index in [0.29, 0.717) is 27.7 Å². The SMILES string of the molecule is COc1ccc(C)cc1NC1=C(Sc2cccc(NC(=O)c3ccco3)c2)C(=O)N(c2ccc(C)cc2)C1=O. The third-order valence-corrected chi connectivity index (χ3v) is 7.08. The van der Waals surface area contributed by atoms with E-state index in [4.69, 9.17) is 9.15 Å². The molecule has 5 rings (SSSR count). The lowest BCUT2D eigenvalue weighted by Gasteiger charge is -2.16. The fourth-order valence-electron chi connectivity index (χ4n) is 4.05. The molecular weight excluding hydrogens is 514 g/mol. The van der Waals surface area contributed by atoms with Crippen LogP contribution in [0.1, 0.15) is 21.7 Å². The van der Waals surface area contributed by atoms with E-state index in [1.54, 1.807) is 61.7 Å². The van der Waals surface area contributed by atoms with E-state index in [2.05, 4.69) is 10.6 Å². The van der Waals surface area contributed by atoms with Gasteiger partial charge in [0.25, 0.3) is 17.7 Å². The van der Waals surface area contributed by atoms with Crippen molar-refractivity contribution in [2.45, 2.75) is 18.7 Å². The molecule has 3 amide bonds. The van der Waals surface area contributed by atoms with Gasteiger partial charge < -0.3 is 19.8 Å². The molecule has 0 aliphatic carbocycles. The Bertz CT molecular complexity index is 1590. The first-order chi connectivity index (χ1) is 18.8. The molecule has 9 heteroatoms. The largest absolute Gasteiger partial charge is 0.495 e. The summed E-state index contributed by atoms with van der Waals surface area (Å²) in [7, 11) is 1.54. The topological polar surface area (TPSA) is 101 Å². The van der Waals surface area contributed by atoms with Gasteiger partial charge in [0.15, 0.2) is 5.76 Å². The average molecular weight is 540 g/mol. The van der Waals surface area contributed by atoms with Gasteiger partial charge in [-0.2, -0.15) is 0 Å². The lowest BCUT2D eigenvalue weighted by molar-refractivity contribution is -0.120. The van der Waals surface area contributed by atoms with Gasteiger partial charge in [-0.05, 0) is 74.0 Å². The van der Waals surface area contributed by atoms with Crippen molar-refractivity contribution in [3.8, 4) is 5.75 Å². The number of furan rings is 1. The van der Waals surface area contributed by atoms with Crippen LogP contribution in [0.4, 0.5) is 17.1 Å². The molecule has 2 heterocycles. The maximum atomic E-state index is 13.7. The first kappa shape index (κ1) is 25.9. The summed E-state index contributed by atoms with van der Waals surface area (Å²) in [6.07, 6.45) is 1.42. The minimum absolute atomic E-state index is 0.138. The smallest absolute Gasteiger partial charge is 0.291 e. The number of amides is 3. The van der Waals surface area contributed by atoms with Crippen LogP contribution in [-0.2, 0) is 9.59 Å². The van der Waals surface area contributed by atoms with E-state index in [1.165, 1.54) is 6.26 Å². The van der Waals surface area contributed by atoms with Crippen molar-refractivity contribution in [1.29, 1.82) is 0 Å². The number of nitrogens with one attached hydrogen (secondary N) is 2. The number of anilines is 3. The molecule has 0 bridgehead atoms. The van der Waals surface area contributed by atoms with Crippen molar-refractivity contribution < 1.29 is 23.5 Å². The number of methoxy groups -OCH3 is 1. The maximum Gasteiger partial charge on any atom is 0.291 e. The number of nitrogens with zero attached hydrogens (tertiary/aromatic N) is 1. The number of hydrogen-bond donors (Lipinski definition) is 2. The molecule has 1 aliphatic rings. The van der Waals surface area contributed by atoms with Crippen LogP contribution in [0.2, 0.25) is 0 Å². The number of imide groups is 1. The number of rotatable bonds is 8. The zero-order valence-electron chi connectivity index (χ0n) is 21.5. The van der Waals surface area contributed by atoms with Crippen LogP contribution < -0.4 is 20.3 Å². The van der Waals surface area contributed by atoms with Crippen LogP contribution in [0.5, 0.6) is 5.75 Å². The van der Waals surface area contributed by atoms with Crippen molar-refractivity contribution in [2.75, 3.05) is 22.6 Å². The van der Waals surface area contributed by atoms with Crippen LogP contribution in [0, 0.1) is 13.8 Å². The van der Waals surface area contributed by atoms with Gasteiger partial charge in [-0.3, -0.25) is 14.4 Å². The lowest BCUT2D eigenvalue weighted by atomic mass is 10.2. The molecule has 0 saturated heterocycles. The Labute approximate surface area is 229 Å². The molecule has 2 N–H and O–H groups in total. The monoisotopic (exact) mass is 539 g/mol. The summed E-state index contributed by atoms with van der Waals surface area (Å²) in [6.45, 7) is 3.86. The fourth-order valence-corrected chi connectivity index (χ4v) is 5.04. The quantitative estimate of drug-likeness (QED) is 0.259. The van der Waals surface area contributed by atoms with Gasteiger partial charge in [0.05, 0.1) is 24.7 Å². The second kappa shape index (κ2) is 10.9. The van der Waals surface area contributed by atoms with Gasteiger partial charge in [0.1, 0.15) is 16.4 Å². The van der Waals surface area contributed by atoms with Crippen molar-refractivity contribution in [3.63, 3.8) is 0 Å². The normalized spacial score (nSPS) is 13.2. The van der Waals surface area contributed by atoms with Crippen molar-refractivity contribution >= 4 is 46.5 Å². The average Bonchev–Trinajstić information content (AvgIpc) is 3.54. The molecule has 1 aliphatic heterocycles. The number of hydrogen-bond acceptors (Lipinski definition) is 7. The Kier molecular flexibility index (Phi) is 7.25. The summed E-state index contributed by atoms with van der Waals surface area (Å²) in [5, 5.41) is 5.95. The van der Waals surface area contributed by atoms with E-state index >= 15 is 0 Å². The molecule has 0 saturated carbocycles. The lowest BCUT2D eigenvalue weighted by Crippen LogP contribution is -2.32. The van der Waals surface area contributed by atoms with Gasteiger partial charge in [-0.15, -0.1) is 0 Å². The predicted octanol–water partition coefficient (Wildman–Crippen LogP) is 6.15. The van der Waals surface area contributed by atoms with E-state index in [-0.39, 0.29) is 16.4 Å². The molecular formula is C30H25N3O5S. The standard InChI is InChI=1S/C30H25N3O5S/c1-18-9-12-21(13-10-18)33-29(35)26(32-23-16-19(2)11-14-24(23)37-3)27(30(33)36)39-22-7-4-6-20(17-22)31-28(34)25-8-5-15-38-25/h4-17,32H,1-3H3,(H,31,34). The third-order valence-electron chi connectivity index (χ3n) is 6.00. The molecule has 0 atom stereocenters. The highest BCUT2D eigenvalue weighted by atomic mass is 32.2. The Morgan fingerprint density at radius 2 is 1.67 bits per heavy atom. The molecule has 1 aromatic heterocycles. The molecule has 39 heavy (non-hydrogen) atoms. The summed E-state index contributed by atoms with van der Waals surface area (Å²) >= 11 is 1.14. The number of ether oxygens (including phenoxy) is 1. The Morgan fingerprint density at radius 1 is 0.897 bits per heavy atom. The second-order valence-corrected chi connectivity index (χ2v) is 9.96. The van der Waals surface area contributed by atoms with Crippen molar-refractivity contribution in [2.24, 2.45) is 0 Å². The van der Waals surface area contributed by atoms with Gasteiger partial charge in [0, 0.05) is 10.6 Å². The molecule has 0 unspecified atom stereocenters. The van der Waals surface area contributed by atoms with E-state index in [1.807, 2.05) is 38.1 Å². The maximum absolute atomic E-state index is 13.7. The molecule has 0 spiro atoms. The Morgan fingerprint density at radius 3 is 2.38 bits per heavy atom. The fraction of sp³-hybridized carbons (Fsp3) is 0.100. The number of thioether (sulfide) groups is 1. The minimum Gasteiger partial charge on any atom is -0.495 e. The highest BCUT2D eigenvalue weighted by Crippen LogP contribution is 2.39. The van der Waals surface area contributed by atoms with Gasteiger partial charge in [-0.25, -0.2) is 4.90 Å². The molecule has 3 aromatic carbocycles. The third kappa shape index (κ3) is 5.44. The van der Waals surface area contributed by atoms with Crippen LogP contribution >= 0.6 is 11.8 Å².